The number of nitrogens with zero attached hydrogens (tertiary/aromatic N) is 4. The molecule has 9 nitrogen and oxygen atoms in total. The van der Waals surface area contributed by atoms with E-state index in [1.54, 1.807) is 6.20 Å². The van der Waals surface area contributed by atoms with Crippen LogP contribution in [0, 0.1) is 0 Å². The molecule has 3 aromatic heterocycles. The van der Waals surface area contributed by atoms with Crippen molar-refractivity contribution in [2.45, 2.75) is 25.8 Å². The van der Waals surface area contributed by atoms with E-state index in [1.807, 2.05) is 72.8 Å². The monoisotopic (exact) mass is 621 g/mol. The lowest BCUT2D eigenvalue weighted by atomic mass is 9.94. The number of benzene rings is 3. The molecule has 0 atom stereocenters. The van der Waals surface area contributed by atoms with Gasteiger partial charge in [0, 0.05) is 35.1 Å². The highest BCUT2D eigenvalue weighted by Crippen LogP contribution is 2.33. The Morgan fingerprint density at radius 2 is 1.82 bits per heavy atom. The molecule has 0 bridgehead atoms. The highest BCUT2D eigenvalue weighted by Gasteiger charge is 2.26. The fourth-order valence-corrected chi connectivity index (χ4v) is 7.45. The summed E-state index contributed by atoms with van der Waals surface area (Å²) >= 11 is 2.84. The van der Waals surface area contributed by atoms with Gasteiger partial charge in [-0.05, 0) is 72.9 Å². The number of hydrogen-bond donors (Lipinski definition) is 2. The van der Waals surface area contributed by atoms with Crippen molar-refractivity contribution in [1.29, 1.82) is 0 Å². The third-order valence-corrected chi connectivity index (χ3v) is 9.73. The van der Waals surface area contributed by atoms with Crippen molar-refractivity contribution in [1.82, 2.24) is 15.0 Å². The fraction of sp³-hybridized carbons (Fsp3) is 0.182. The number of ether oxygens (including phenoxy) is 1. The molecule has 0 radical (unpaired) electrons. The molecular weight excluding hydrogens is 595 g/mol. The highest BCUT2D eigenvalue weighted by molar-refractivity contribution is 7.22. The van der Waals surface area contributed by atoms with Crippen molar-refractivity contribution in [3.05, 3.63) is 106 Å². The molecule has 11 heteroatoms. The van der Waals surface area contributed by atoms with Crippen LogP contribution in [0.4, 0.5) is 10.3 Å². The largest absolute Gasteiger partial charge is 0.493 e. The van der Waals surface area contributed by atoms with Gasteiger partial charge in [0.1, 0.15) is 5.75 Å². The number of amides is 1. The minimum Gasteiger partial charge on any atom is -0.493 e. The Morgan fingerprint density at radius 3 is 2.70 bits per heavy atom. The van der Waals surface area contributed by atoms with Gasteiger partial charge in [-0.2, -0.15) is 0 Å². The molecule has 0 saturated heterocycles. The number of carbonyl (C=O) groups is 2. The molecular formula is C33H27N5O4S2. The van der Waals surface area contributed by atoms with E-state index in [0.29, 0.717) is 53.2 Å². The molecule has 0 aliphatic carbocycles. The smallest absolute Gasteiger partial charge is 0.355 e. The Bertz CT molecular complexity index is 1980. The Kier molecular flexibility index (Phi) is 7.63. The molecule has 1 aliphatic rings. The molecule has 7 rings (SSSR count). The van der Waals surface area contributed by atoms with Crippen molar-refractivity contribution in [2.24, 2.45) is 0 Å². The second-order valence-electron chi connectivity index (χ2n) is 10.4. The second-order valence-corrected chi connectivity index (χ2v) is 12.5. The second kappa shape index (κ2) is 12.0. The van der Waals surface area contributed by atoms with Gasteiger partial charge in [-0.1, -0.05) is 41.7 Å². The summed E-state index contributed by atoms with van der Waals surface area (Å²) in [7, 11) is 0. The third kappa shape index (κ3) is 5.59. The molecule has 0 fully saturated rings. The zero-order chi connectivity index (χ0) is 30.0. The number of aromatic nitrogens is 3. The normalized spacial score (nSPS) is 12.8. The van der Waals surface area contributed by atoms with Crippen LogP contribution < -0.4 is 15.0 Å². The Morgan fingerprint density at radius 1 is 0.955 bits per heavy atom. The molecule has 6 aromatic rings. The molecule has 220 valence electrons. The first-order chi connectivity index (χ1) is 21.5. The third-order valence-electron chi connectivity index (χ3n) is 7.60. The molecule has 3 aromatic carbocycles. The average molecular weight is 622 g/mol. The van der Waals surface area contributed by atoms with Gasteiger partial charge < -0.3 is 14.7 Å². The number of thiazole rings is 2. The molecule has 1 aliphatic heterocycles. The van der Waals surface area contributed by atoms with Crippen molar-refractivity contribution >= 4 is 65.9 Å². The predicted molar refractivity (Wildman–Crippen MR) is 173 cm³/mol. The van der Waals surface area contributed by atoms with Crippen LogP contribution in [0.1, 0.15) is 43.3 Å². The van der Waals surface area contributed by atoms with Crippen molar-refractivity contribution in [3.8, 4) is 5.75 Å². The number of carboxylic acids is 1. The number of aromatic carboxylic acids is 1. The minimum absolute atomic E-state index is 0.0759. The predicted octanol–water partition coefficient (Wildman–Crippen LogP) is 6.83. The van der Waals surface area contributed by atoms with Gasteiger partial charge in [0.05, 0.1) is 22.3 Å². The average Bonchev–Trinajstić information content (AvgIpc) is 3.67. The van der Waals surface area contributed by atoms with Crippen molar-refractivity contribution < 1.29 is 19.4 Å². The highest BCUT2D eigenvalue weighted by atomic mass is 32.1. The lowest BCUT2D eigenvalue weighted by Crippen LogP contribution is -2.32. The van der Waals surface area contributed by atoms with Crippen LogP contribution in [-0.4, -0.2) is 45.1 Å². The molecule has 2 N–H and O–H groups in total. The van der Waals surface area contributed by atoms with E-state index in [0.717, 1.165) is 44.4 Å². The zero-order valence-corrected chi connectivity index (χ0v) is 25.2. The van der Waals surface area contributed by atoms with E-state index >= 15 is 0 Å². The van der Waals surface area contributed by atoms with Crippen LogP contribution in [0.5, 0.6) is 5.75 Å². The summed E-state index contributed by atoms with van der Waals surface area (Å²) in [5.41, 5.74) is 4.40. The van der Waals surface area contributed by atoms with Crippen LogP contribution in [0.3, 0.4) is 0 Å². The number of hydrogen-bond acceptors (Lipinski definition) is 9. The standard InChI is InChI=1S/C33H27N5O4S2/c39-30(37-32-35-25-10-1-2-13-27(25)43-32)21-8-3-7-20-15-17-38(19-23(20)21)33-36-29(31(40)41)28(44-33)14-6-18-42-26-12-4-11-24-22(26)9-5-16-34-24/h1-5,7-13,16H,6,14-15,17-19H2,(H,40,41)(H,35,37,39). The first-order valence-electron chi connectivity index (χ1n) is 14.3. The number of rotatable bonds is 9. The lowest BCUT2D eigenvalue weighted by Gasteiger charge is -2.29. The number of carbonyl (C=O) groups excluding carboxylic acids is 1. The summed E-state index contributed by atoms with van der Waals surface area (Å²) in [5.74, 6) is -0.498. The van der Waals surface area contributed by atoms with Gasteiger partial charge in [0.15, 0.2) is 16.0 Å². The SMILES string of the molecule is O=C(Nc1nc2ccccc2s1)c1cccc2c1CN(c1nc(C(=O)O)c(CCCOc3cccc4ncccc34)s1)CC2. The van der Waals surface area contributed by atoms with Crippen molar-refractivity contribution in [3.63, 3.8) is 0 Å². The van der Waals surface area contributed by atoms with Crippen LogP contribution in [0.15, 0.2) is 79.0 Å². The molecule has 0 saturated carbocycles. The Hall–Kier alpha value is -4.87. The first kappa shape index (κ1) is 27.9. The molecule has 4 heterocycles. The number of para-hydroxylation sites is 1. The van der Waals surface area contributed by atoms with Gasteiger partial charge in [0.2, 0.25) is 0 Å². The van der Waals surface area contributed by atoms with E-state index in [-0.39, 0.29) is 11.6 Å². The first-order valence-corrected chi connectivity index (χ1v) is 15.9. The summed E-state index contributed by atoms with van der Waals surface area (Å²) in [6.07, 6.45) is 3.64. The molecule has 0 spiro atoms. The van der Waals surface area contributed by atoms with E-state index in [9.17, 15) is 14.7 Å². The van der Waals surface area contributed by atoms with Gasteiger partial charge >= 0.3 is 5.97 Å². The van der Waals surface area contributed by atoms with Gasteiger partial charge in [0.25, 0.3) is 5.91 Å². The Balaban J connectivity index is 1.05. The molecule has 1 amide bonds. The lowest BCUT2D eigenvalue weighted by molar-refractivity contribution is 0.0690. The quantitative estimate of drug-likeness (QED) is 0.169. The summed E-state index contributed by atoms with van der Waals surface area (Å²) < 4.78 is 7.05. The summed E-state index contributed by atoms with van der Waals surface area (Å²) in [4.78, 5) is 41.8. The summed E-state index contributed by atoms with van der Waals surface area (Å²) in [6, 6.07) is 23.2. The fourth-order valence-electron chi connectivity index (χ4n) is 5.47. The zero-order valence-electron chi connectivity index (χ0n) is 23.5. The number of pyridine rings is 1. The maximum Gasteiger partial charge on any atom is 0.355 e. The van der Waals surface area contributed by atoms with E-state index in [2.05, 4.69) is 25.2 Å². The van der Waals surface area contributed by atoms with Crippen molar-refractivity contribution in [2.75, 3.05) is 23.4 Å². The van der Waals surface area contributed by atoms with E-state index in [4.69, 9.17) is 4.74 Å². The van der Waals surface area contributed by atoms with Crippen LogP contribution in [-0.2, 0) is 19.4 Å². The Labute approximate surface area is 260 Å². The number of carboxylic acid groups (broad SMARTS) is 1. The van der Waals surface area contributed by atoms with Gasteiger partial charge in [-0.3, -0.25) is 15.1 Å². The van der Waals surface area contributed by atoms with E-state index < -0.39 is 5.97 Å². The summed E-state index contributed by atoms with van der Waals surface area (Å²) in [5, 5.41) is 15.0. The number of aryl methyl sites for hydroxylation is 1. The molecule has 0 unspecified atom stereocenters. The van der Waals surface area contributed by atoms with Crippen LogP contribution in [0.25, 0.3) is 21.1 Å². The number of fused-ring (bicyclic) bond motifs is 3. The van der Waals surface area contributed by atoms with Gasteiger partial charge in [-0.15, -0.1) is 11.3 Å². The van der Waals surface area contributed by atoms with Crippen LogP contribution in [0.2, 0.25) is 0 Å². The van der Waals surface area contributed by atoms with E-state index in [1.165, 1.54) is 22.7 Å². The number of nitrogens with one attached hydrogen (secondary N) is 1. The minimum atomic E-state index is -1.04. The van der Waals surface area contributed by atoms with Gasteiger partial charge in [-0.25, -0.2) is 14.8 Å². The van der Waals surface area contributed by atoms with Crippen LogP contribution >= 0.6 is 22.7 Å². The number of anilines is 2. The molecule has 44 heavy (non-hydrogen) atoms. The summed E-state index contributed by atoms with van der Waals surface area (Å²) in [6.45, 7) is 1.58. The topological polar surface area (TPSA) is 118 Å². The maximum atomic E-state index is 13.4. The maximum absolute atomic E-state index is 13.4.